The van der Waals surface area contributed by atoms with E-state index < -0.39 is 0 Å². The monoisotopic (exact) mass is 639 g/mol. The highest BCUT2D eigenvalue weighted by molar-refractivity contribution is 6.23. The van der Waals surface area contributed by atoms with Gasteiger partial charge in [0.1, 0.15) is 22.3 Å². The molecule has 232 valence electrons. The number of nitrogens with zero attached hydrogens (tertiary/aromatic N) is 3. The van der Waals surface area contributed by atoms with Gasteiger partial charge < -0.3 is 8.83 Å². The van der Waals surface area contributed by atoms with Crippen LogP contribution in [0.4, 0.5) is 0 Å². The van der Waals surface area contributed by atoms with Gasteiger partial charge >= 0.3 is 0 Å². The number of para-hydroxylation sites is 2. The van der Waals surface area contributed by atoms with Gasteiger partial charge in [-0.05, 0) is 68.7 Å². The molecule has 0 radical (unpaired) electrons. The summed E-state index contributed by atoms with van der Waals surface area (Å²) in [6, 6.07) is 52.3. The Balaban J connectivity index is 1.14. The van der Waals surface area contributed by atoms with Crippen LogP contribution < -0.4 is 0 Å². The number of hydrogen-bond acceptors (Lipinski definition) is 5. The fourth-order valence-corrected chi connectivity index (χ4v) is 7.55. The van der Waals surface area contributed by atoms with Gasteiger partial charge in [-0.15, -0.1) is 0 Å². The molecule has 0 atom stereocenters. The van der Waals surface area contributed by atoms with Crippen molar-refractivity contribution in [3.8, 4) is 34.2 Å². The second kappa shape index (κ2) is 10.3. The molecule has 0 N–H and O–H groups in total. The molecule has 3 heterocycles. The minimum atomic E-state index is 0.604. The molecule has 3 aromatic heterocycles. The maximum atomic E-state index is 6.22. The molecule has 11 rings (SSSR count). The van der Waals surface area contributed by atoms with E-state index in [2.05, 4.69) is 78.9 Å². The normalized spacial score (nSPS) is 12.0. The zero-order valence-electron chi connectivity index (χ0n) is 26.6. The van der Waals surface area contributed by atoms with Gasteiger partial charge in [-0.25, -0.2) is 15.0 Å². The van der Waals surface area contributed by atoms with Crippen LogP contribution in [0.3, 0.4) is 0 Å². The number of fused-ring (bicyclic) bond motifs is 11. The Bertz CT molecular complexity index is 3160. The smallest absolute Gasteiger partial charge is 0.164 e. The van der Waals surface area contributed by atoms with E-state index in [9.17, 15) is 0 Å². The molecule has 0 spiro atoms. The summed E-state index contributed by atoms with van der Waals surface area (Å²) in [6.07, 6.45) is 0. The summed E-state index contributed by atoms with van der Waals surface area (Å²) in [6.45, 7) is 0. The van der Waals surface area contributed by atoms with Crippen LogP contribution in [0.5, 0.6) is 0 Å². The minimum Gasteiger partial charge on any atom is -0.456 e. The lowest BCUT2D eigenvalue weighted by Gasteiger charge is -2.11. The quantitative estimate of drug-likeness (QED) is 0.180. The Morgan fingerprint density at radius 1 is 0.320 bits per heavy atom. The van der Waals surface area contributed by atoms with Crippen LogP contribution in [0.15, 0.2) is 160 Å². The Kier molecular flexibility index (Phi) is 5.60. The summed E-state index contributed by atoms with van der Waals surface area (Å²) in [4.78, 5) is 15.2. The molecule has 0 aliphatic carbocycles. The highest BCUT2D eigenvalue weighted by Gasteiger charge is 2.18. The van der Waals surface area contributed by atoms with E-state index in [0.717, 1.165) is 71.3 Å². The second-order valence-electron chi connectivity index (χ2n) is 12.8. The van der Waals surface area contributed by atoms with Crippen LogP contribution in [0.2, 0.25) is 0 Å². The summed E-state index contributed by atoms with van der Waals surface area (Å²) in [5, 5.41) is 11.3. The molecule has 0 fully saturated rings. The molecule has 50 heavy (non-hydrogen) atoms. The zero-order valence-corrected chi connectivity index (χ0v) is 26.6. The maximum absolute atomic E-state index is 6.22. The molecule has 0 saturated heterocycles. The lowest BCUT2D eigenvalue weighted by Crippen LogP contribution is -2.00. The largest absolute Gasteiger partial charge is 0.456 e. The van der Waals surface area contributed by atoms with Gasteiger partial charge in [0.15, 0.2) is 17.5 Å². The van der Waals surface area contributed by atoms with Crippen LogP contribution in [-0.4, -0.2) is 15.0 Å². The van der Waals surface area contributed by atoms with Crippen molar-refractivity contribution in [1.29, 1.82) is 0 Å². The first-order chi connectivity index (χ1) is 24.7. The first kappa shape index (κ1) is 27.1. The van der Waals surface area contributed by atoms with Crippen molar-refractivity contribution in [2.75, 3.05) is 0 Å². The van der Waals surface area contributed by atoms with Crippen molar-refractivity contribution in [3.05, 3.63) is 152 Å². The Labute approximate surface area is 285 Å². The van der Waals surface area contributed by atoms with Crippen molar-refractivity contribution in [2.45, 2.75) is 0 Å². The molecular formula is C45H25N3O2. The third-order valence-electron chi connectivity index (χ3n) is 9.88. The number of rotatable bonds is 3. The standard InChI is InChI=1S/C45H25N3O2/c1-2-9-27(10-3-1)43-46-44(48-45(47-43)34-13-8-16-39-42(34)33-12-5-7-15-38(33)49-39)30-21-22-31-28(23-30)19-17-26-18-20-29-24-40-36(25-35(29)41(26)31)32-11-4-6-14-37(32)50-40/h1-25H. The van der Waals surface area contributed by atoms with Crippen molar-refractivity contribution >= 4 is 76.2 Å². The maximum Gasteiger partial charge on any atom is 0.164 e. The lowest BCUT2D eigenvalue weighted by molar-refractivity contribution is 0.669. The summed E-state index contributed by atoms with van der Waals surface area (Å²) >= 11 is 0. The average molecular weight is 640 g/mol. The van der Waals surface area contributed by atoms with E-state index in [-0.39, 0.29) is 0 Å². The first-order valence-corrected chi connectivity index (χ1v) is 16.7. The average Bonchev–Trinajstić information content (AvgIpc) is 3.74. The van der Waals surface area contributed by atoms with Crippen LogP contribution in [0.1, 0.15) is 0 Å². The number of aromatic nitrogens is 3. The zero-order chi connectivity index (χ0) is 32.8. The predicted octanol–water partition coefficient (Wildman–Crippen LogP) is 12.1. The molecule has 11 aromatic rings. The third kappa shape index (κ3) is 4.04. The van der Waals surface area contributed by atoms with Crippen LogP contribution in [0, 0.1) is 0 Å². The van der Waals surface area contributed by atoms with Gasteiger partial charge in [0.2, 0.25) is 0 Å². The van der Waals surface area contributed by atoms with Crippen molar-refractivity contribution in [2.24, 2.45) is 0 Å². The fourth-order valence-electron chi connectivity index (χ4n) is 7.55. The summed E-state index contributed by atoms with van der Waals surface area (Å²) in [5.41, 5.74) is 6.20. The Morgan fingerprint density at radius 2 is 0.960 bits per heavy atom. The molecule has 0 saturated carbocycles. The summed E-state index contributed by atoms with van der Waals surface area (Å²) in [7, 11) is 0. The minimum absolute atomic E-state index is 0.604. The van der Waals surface area contributed by atoms with E-state index in [4.69, 9.17) is 23.8 Å². The first-order valence-electron chi connectivity index (χ1n) is 16.7. The van der Waals surface area contributed by atoms with Crippen LogP contribution in [-0.2, 0) is 0 Å². The van der Waals surface area contributed by atoms with Crippen molar-refractivity contribution < 1.29 is 8.83 Å². The topological polar surface area (TPSA) is 65.0 Å². The molecule has 5 heteroatoms. The van der Waals surface area contributed by atoms with Crippen LogP contribution >= 0.6 is 0 Å². The molecule has 0 unspecified atom stereocenters. The predicted molar refractivity (Wildman–Crippen MR) is 203 cm³/mol. The van der Waals surface area contributed by atoms with E-state index >= 15 is 0 Å². The molecule has 0 aliphatic heterocycles. The molecule has 0 amide bonds. The SMILES string of the molecule is c1ccc(-c2nc(-c3ccc4c(ccc5ccc6cc7oc8ccccc8c7cc6c54)c3)nc(-c3cccc4oc5ccccc5c34)n2)cc1. The number of hydrogen-bond donors (Lipinski definition) is 0. The van der Waals surface area contributed by atoms with E-state index in [1.807, 2.05) is 72.8 Å². The van der Waals surface area contributed by atoms with Gasteiger partial charge in [-0.1, -0.05) is 115 Å². The van der Waals surface area contributed by atoms with Gasteiger partial charge in [0, 0.05) is 38.2 Å². The second-order valence-corrected chi connectivity index (χ2v) is 12.8. The molecular weight excluding hydrogens is 615 g/mol. The number of benzene rings is 8. The Hall–Kier alpha value is -6.85. The molecule has 0 bridgehead atoms. The van der Waals surface area contributed by atoms with Crippen LogP contribution in [0.25, 0.3) is 110 Å². The summed E-state index contributed by atoms with van der Waals surface area (Å²) < 4.78 is 12.4. The molecule has 8 aromatic carbocycles. The van der Waals surface area contributed by atoms with Crippen molar-refractivity contribution in [3.63, 3.8) is 0 Å². The molecule has 5 nitrogen and oxygen atoms in total. The van der Waals surface area contributed by atoms with Gasteiger partial charge in [-0.2, -0.15) is 0 Å². The lowest BCUT2D eigenvalue weighted by atomic mass is 9.94. The molecule has 0 aliphatic rings. The highest BCUT2D eigenvalue weighted by atomic mass is 16.3. The van der Waals surface area contributed by atoms with Gasteiger partial charge in [-0.3, -0.25) is 0 Å². The van der Waals surface area contributed by atoms with Crippen molar-refractivity contribution in [1.82, 2.24) is 15.0 Å². The van der Waals surface area contributed by atoms with Gasteiger partial charge in [0.05, 0.1) is 0 Å². The third-order valence-corrected chi connectivity index (χ3v) is 9.88. The highest BCUT2D eigenvalue weighted by Crippen LogP contribution is 2.40. The van der Waals surface area contributed by atoms with Gasteiger partial charge in [0.25, 0.3) is 0 Å². The summed E-state index contributed by atoms with van der Waals surface area (Å²) in [5.74, 6) is 1.84. The van der Waals surface area contributed by atoms with E-state index in [1.54, 1.807) is 0 Å². The van der Waals surface area contributed by atoms with E-state index in [1.165, 1.54) is 21.5 Å². The fraction of sp³-hybridized carbons (Fsp3) is 0. The Morgan fingerprint density at radius 3 is 1.80 bits per heavy atom. The number of furan rings is 2. The van der Waals surface area contributed by atoms with E-state index in [0.29, 0.717) is 17.5 Å².